The molecule has 146 valence electrons. The number of rotatable bonds is 6. The minimum absolute atomic E-state index is 0.652. The number of pyridine rings is 2. The highest BCUT2D eigenvalue weighted by Gasteiger charge is 2.15. The number of hydrogen-bond donors (Lipinski definition) is 2. The number of aromatic nitrogens is 2. The number of fused-ring (bicyclic) bond motifs is 1. The van der Waals surface area contributed by atoms with Crippen LogP contribution in [0.15, 0.2) is 47.1 Å². The van der Waals surface area contributed by atoms with Crippen molar-refractivity contribution >= 4 is 38.3 Å². The first-order chi connectivity index (χ1) is 13.8. The standard InChI is InChI=1S/C21H24BrN5O/c22-17-13-15(4-5-20(17)27-9-11-28-12-10-27)18-14-19-16(3-1-7-24-19)21(26-18)25-8-2-6-23/h1,3-5,7,13-14H,2,6,8-12,23H2,(H,25,26). The number of halogens is 1. The Morgan fingerprint density at radius 2 is 2.04 bits per heavy atom. The lowest BCUT2D eigenvalue weighted by atomic mass is 10.1. The van der Waals surface area contributed by atoms with Crippen LogP contribution in [0.1, 0.15) is 6.42 Å². The van der Waals surface area contributed by atoms with Gasteiger partial charge in [0.25, 0.3) is 0 Å². The SMILES string of the molecule is NCCCNc1nc(-c2ccc(N3CCOCC3)c(Br)c2)cc2ncccc12. The summed E-state index contributed by atoms with van der Waals surface area (Å²) in [7, 11) is 0. The maximum atomic E-state index is 5.63. The van der Waals surface area contributed by atoms with E-state index in [1.54, 1.807) is 0 Å². The van der Waals surface area contributed by atoms with Gasteiger partial charge in [0.1, 0.15) is 5.82 Å². The van der Waals surface area contributed by atoms with Crippen molar-refractivity contribution in [1.29, 1.82) is 0 Å². The molecule has 0 aliphatic carbocycles. The van der Waals surface area contributed by atoms with Gasteiger partial charge >= 0.3 is 0 Å². The molecule has 4 rings (SSSR count). The predicted molar refractivity (Wildman–Crippen MR) is 118 cm³/mol. The van der Waals surface area contributed by atoms with E-state index < -0.39 is 0 Å². The lowest BCUT2D eigenvalue weighted by Crippen LogP contribution is -2.36. The summed E-state index contributed by atoms with van der Waals surface area (Å²) < 4.78 is 6.52. The van der Waals surface area contributed by atoms with Gasteiger partial charge in [-0.1, -0.05) is 6.07 Å². The Balaban J connectivity index is 1.69. The number of nitrogens with two attached hydrogens (primary N) is 1. The number of benzene rings is 1. The van der Waals surface area contributed by atoms with Crippen LogP contribution < -0.4 is 16.0 Å². The van der Waals surface area contributed by atoms with E-state index in [1.165, 1.54) is 5.69 Å². The topological polar surface area (TPSA) is 76.3 Å². The fourth-order valence-corrected chi connectivity index (χ4v) is 4.02. The van der Waals surface area contributed by atoms with Crippen molar-refractivity contribution < 1.29 is 4.74 Å². The van der Waals surface area contributed by atoms with E-state index in [9.17, 15) is 0 Å². The minimum atomic E-state index is 0.652. The van der Waals surface area contributed by atoms with Crippen molar-refractivity contribution in [3.63, 3.8) is 0 Å². The second kappa shape index (κ2) is 8.86. The average molecular weight is 442 g/mol. The second-order valence-electron chi connectivity index (χ2n) is 6.76. The van der Waals surface area contributed by atoms with Gasteiger partial charge in [-0.25, -0.2) is 4.98 Å². The minimum Gasteiger partial charge on any atom is -0.378 e. The first-order valence-corrected chi connectivity index (χ1v) is 10.4. The van der Waals surface area contributed by atoms with Crippen LogP contribution in [0.3, 0.4) is 0 Å². The highest BCUT2D eigenvalue weighted by Crippen LogP contribution is 2.33. The highest BCUT2D eigenvalue weighted by molar-refractivity contribution is 9.10. The van der Waals surface area contributed by atoms with E-state index in [1.807, 2.05) is 24.4 Å². The molecule has 0 spiro atoms. The van der Waals surface area contributed by atoms with Crippen molar-refractivity contribution in [2.24, 2.45) is 5.73 Å². The van der Waals surface area contributed by atoms with Crippen LogP contribution in [-0.2, 0) is 4.74 Å². The number of ether oxygens (including phenoxy) is 1. The fraction of sp³-hybridized carbons (Fsp3) is 0.333. The van der Waals surface area contributed by atoms with Crippen molar-refractivity contribution in [2.75, 3.05) is 49.6 Å². The van der Waals surface area contributed by atoms with Gasteiger partial charge in [0.15, 0.2) is 0 Å². The van der Waals surface area contributed by atoms with E-state index in [0.29, 0.717) is 6.54 Å². The first kappa shape index (κ1) is 19.1. The first-order valence-electron chi connectivity index (χ1n) is 9.58. The number of nitrogens with one attached hydrogen (secondary N) is 1. The highest BCUT2D eigenvalue weighted by atomic mass is 79.9. The van der Waals surface area contributed by atoms with Gasteiger partial charge < -0.3 is 20.7 Å². The average Bonchev–Trinajstić information content (AvgIpc) is 2.74. The van der Waals surface area contributed by atoms with Crippen LogP contribution in [0.5, 0.6) is 0 Å². The third kappa shape index (κ3) is 4.11. The number of hydrogen-bond acceptors (Lipinski definition) is 6. The van der Waals surface area contributed by atoms with Crippen molar-refractivity contribution in [1.82, 2.24) is 9.97 Å². The molecule has 3 aromatic rings. The molecule has 6 nitrogen and oxygen atoms in total. The number of morpholine rings is 1. The molecule has 0 bridgehead atoms. The van der Waals surface area contributed by atoms with Crippen LogP contribution in [0.4, 0.5) is 11.5 Å². The van der Waals surface area contributed by atoms with Crippen molar-refractivity contribution in [3.8, 4) is 11.3 Å². The molecule has 0 amide bonds. The Morgan fingerprint density at radius 3 is 2.82 bits per heavy atom. The Bertz CT molecular complexity index is 959. The molecule has 0 radical (unpaired) electrons. The van der Waals surface area contributed by atoms with Crippen LogP contribution in [0, 0.1) is 0 Å². The third-order valence-electron chi connectivity index (χ3n) is 4.87. The van der Waals surface area contributed by atoms with E-state index in [-0.39, 0.29) is 0 Å². The van der Waals surface area contributed by atoms with Gasteiger partial charge in [-0.15, -0.1) is 0 Å². The van der Waals surface area contributed by atoms with Crippen LogP contribution in [0.25, 0.3) is 22.2 Å². The van der Waals surface area contributed by atoms with Gasteiger partial charge in [-0.05, 0) is 59.2 Å². The summed E-state index contributed by atoms with van der Waals surface area (Å²) in [5.74, 6) is 0.849. The predicted octanol–water partition coefficient (Wildman–Crippen LogP) is 3.66. The fourth-order valence-electron chi connectivity index (χ4n) is 3.39. The van der Waals surface area contributed by atoms with Gasteiger partial charge in [-0.2, -0.15) is 0 Å². The molecule has 3 heterocycles. The molecular formula is C21H24BrN5O. The van der Waals surface area contributed by atoms with Crippen LogP contribution >= 0.6 is 15.9 Å². The molecule has 0 atom stereocenters. The van der Waals surface area contributed by atoms with E-state index in [0.717, 1.165) is 71.7 Å². The largest absolute Gasteiger partial charge is 0.378 e. The molecule has 3 N–H and O–H groups in total. The molecule has 0 saturated carbocycles. The van der Waals surface area contributed by atoms with Crippen LogP contribution in [0.2, 0.25) is 0 Å². The Hall–Kier alpha value is -2.22. The van der Waals surface area contributed by atoms with Gasteiger partial charge in [0, 0.05) is 41.3 Å². The second-order valence-corrected chi connectivity index (χ2v) is 7.62. The zero-order valence-electron chi connectivity index (χ0n) is 15.7. The van der Waals surface area contributed by atoms with Gasteiger partial charge in [-0.3, -0.25) is 4.98 Å². The zero-order chi connectivity index (χ0) is 19.3. The van der Waals surface area contributed by atoms with E-state index >= 15 is 0 Å². The number of nitrogens with zero attached hydrogens (tertiary/aromatic N) is 3. The smallest absolute Gasteiger partial charge is 0.136 e. The Kier molecular flexibility index (Phi) is 6.04. The summed E-state index contributed by atoms with van der Waals surface area (Å²) in [5, 5.41) is 4.43. The summed E-state index contributed by atoms with van der Waals surface area (Å²) in [4.78, 5) is 11.8. The molecule has 1 fully saturated rings. The molecule has 1 saturated heterocycles. The molecule has 1 aromatic carbocycles. The number of anilines is 2. The third-order valence-corrected chi connectivity index (χ3v) is 5.50. The molecular weight excluding hydrogens is 418 g/mol. The van der Waals surface area contributed by atoms with Crippen LogP contribution in [-0.4, -0.2) is 49.4 Å². The van der Waals surface area contributed by atoms with Crippen molar-refractivity contribution in [2.45, 2.75) is 6.42 Å². The summed E-state index contributed by atoms with van der Waals surface area (Å²) in [5.41, 5.74) is 9.70. The molecule has 1 aliphatic heterocycles. The maximum Gasteiger partial charge on any atom is 0.136 e. The van der Waals surface area contributed by atoms with Gasteiger partial charge in [0.05, 0.1) is 30.1 Å². The molecule has 1 aliphatic rings. The Labute approximate surface area is 173 Å². The van der Waals surface area contributed by atoms with Gasteiger partial charge in [0.2, 0.25) is 0 Å². The lowest BCUT2D eigenvalue weighted by molar-refractivity contribution is 0.122. The summed E-state index contributed by atoms with van der Waals surface area (Å²) in [6.07, 6.45) is 2.71. The van der Waals surface area contributed by atoms with E-state index in [4.69, 9.17) is 15.5 Å². The summed E-state index contributed by atoms with van der Waals surface area (Å²) in [6, 6.07) is 12.4. The Morgan fingerprint density at radius 1 is 1.18 bits per heavy atom. The molecule has 28 heavy (non-hydrogen) atoms. The van der Waals surface area contributed by atoms with E-state index in [2.05, 4.69) is 49.3 Å². The summed E-state index contributed by atoms with van der Waals surface area (Å²) >= 11 is 3.74. The maximum absolute atomic E-state index is 5.63. The monoisotopic (exact) mass is 441 g/mol. The quantitative estimate of drug-likeness (QED) is 0.568. The summed E-state index contributed by atoms with van der Waals surface area (Å²) in [6.45, 7) is 4.79. The molecule has 7 heteroatoms. The normalized spacial score (nSPS) is 14.4. The van der Waals surface area contributed by atoms with Crippen molar-refractivity contribution in [3.05, 3.63) is 47.1 Å². The zero-order valence-corrected chi connectivity index (χ0v) is 17.3. The molecule has 2 aromatic heterocycles. The lowest BCUT2D eigenvalue weighted by Gasteiger charge is -2.29. The molecule has 0 unspecified atom stereocenters.